The lowest BCUT2D eigenvalue weighted by Gasteiger charge is -2.30. The van der Waals surface area contributed by atoms with Gasteiger partial charge in [-0.05, 0) is 12.3 Å². The van der Waals surface area contributed by atoms with Crippen LogP contribution in [0, 0.1) is 5.92 Å². The van der Waals surface area contributed by atoms with E-state index < -0.39 is 6.10 Å². The van der Waals surface area contributed by atoms with Gasteiger partial charge in [-0.3, -0.25) is 0 Å². The molecule has 0 amide bonds. The Kier molecular flexibility index (Phi) is 2.65. The van der Waals surface area contributed by atoms with E-state index in [1.807, 2.05) is 6.92 Å². The van der Waals surface area contributed by atoms with Gasteiger partial charge in [-0.2, -0.15) is 0 Å². The first kappa shape index (κ1) is 7.98. The van der Waals surface area contributed by atoms with Crippen LogP contribution in [0.2, 0.25) is 0 Å². The van der Waals surface area contributed by atoms with Crippen LogP contribution < -0.4 is 0 Å². The summed E-state index contributed by atoms with van der Waals surface area (Å²) < 4.78 is 5.15. The van der Waals surface area contributed by atoms with Gasteiger partial charge >= 0.3 is 0 Å². The average Bonchev–Trinajstić information content (AvgIpc) is 1.88. The molecular weight excluding hydrogens is 132 g/mol. The maximum Gasteiger partial charge on any atom is 0.106 e. The van der Waals surface area contributed by atoms with Gasteiger partial charge in [0.05, 0.1) is 12.7 Å². The molecule has 0 aromatic rings. The van der Waals surface area contributed by atoms with Crippen molar-refractivity contribution in [2.75, 3.05) is 13.2 Å². The molecule has 1 saturated heterocycles. The third-order valence-electron chi connectivity index (χ3n) is 1.85. The van der Waals surface area contributed by atoms with Gasteiger partial charge in [0.2, 0.25) is 0 Å². The van der Waals surface area contributed by atoms with Gasteiger partial charge in [0.15, 0.2) is 0 Å². The lowest BCUT2D eigenvalue weighted by atomic mass is 9.98. The van der Waals surface area contributed by atoms with Gasteiger partial charge < -0.3 is 14.9 Å². The van der Waals surface area contributed by atoms with Gasteiger partial charge in [0.25, 0.3) is 0 Å². The lowest BCUT2D eigenvalue weighted by molar-refractivity contribution is -0.113. The van der Waals surface area contributed by atoms with Gasteiger partial charge in [-0.25, -0.2) is 0 Å². The van der Waals surface area contributed by atoms with E-state index in [4.69, 9.17) is 9.84 Å². The molecule has 0 aliphatic carbocycles. The zero-order valence-electron chi connectivity index (χ0n) is 6.16. The summed E-state index contributed by atoms with van der Waals surface area (Å²) in [5.74, 6) is 0.415. The Morgan fingerprint density at radius 1 is 1.60 bits per heavy atom. The SMILES string of the molecule is C[C@H]1CO[C@H](CO)[C@@H](O)C1. The second-order valence-electron chi connectivity index (χ2n) is 2.96. The standard InChI is InChI=1S/C7H14O3/c1-5-2-6(9)7(3-8)10-4-5/h5-9H,2-4H2,1H3/t5-,6+,7-/m1/s1. The Morgan fingerprint density at radius 2 is 2.30 bits per heavy atom. The van der Waals surface area contributed by atoms with Crippen molar-refractivity contribution in [3.63, 3.8) is 0 Å². The van der Waals surface area contributed by atoms with Crippen molar-refractivity contribution in [1.82, 2.24) is 0 Å². The molecule has 2 N–H and O–H groups in total. The van der Waals surface area contributed by atoms with Crippen molar-refractivity contribution in [3.05, 3.63) is 0 Å². The molecule has 0 bridgehead atoms. The number of ether oxygens (including phenoxy) is 1. The van der Waals surface area contributed by atoms with Crippen LogP contribution in [0.15, 0.2) is 0 Å². The maximum absolute atomic E-state index is 9.25. The molecule has 0 unspecified atom stereocenters. The van der Waals surface area contributed by atoms with Crippen molar-refractivity contribution in [2.45, 2.75) is 25.6 Å². The van der Waals surface area contributed by atoms with Gasteiger partial charge in [0.1, 0.15) is 6.10 Å². The number of aliphatic hydroxyl groups excluding tert-OH is 2. The van der Waals surface area contributed by atoms with Crippen LogP contribution in [0.1, 0.15) is 13.3 Å². The maximum atomic E-state index is 9.25. The first-order valence-corrected chi connectivity index (χ1v) is 3.64. The summed E-state index contributed by atoms with van der Waals surface area (Å²) in [5, 5.41) is 17.9. The largest absolute Gasteiger partial charge is 0.394 e. The fraction of sp³-hybridized carbons (Fsp3) is 1.00. The molecule has 0 radical (unpaired) electrons. The summed E-state index contributed by atoms with van der Waals surface area (Å²) >= 11 is 0. The van der Waals surface area contributed by atoms with E-state index in [-0.39, 0.29) is 12.7 Å². The van der Waals surface area contributed by atoms with Crippen LogP contribution in [0.25, 0.3) is 0 Å². The quantitative estimate of drug-likeness (QED) is 0.537. The molecule has 3 atom stereocenters. The third-order valence-corrected chi connectivity index (χ3v) is 1.85. The van der Waals surface area contributed by atoms with Crippen molar-refractivity contribution in [1.29, 1.82) is 0 Å². The Hall–Kier alpha value is -0.120. The van der Waals surface area contributed by atoms with Crippen LogP contribution in [0.3, 0.4) is 0 Å². The summed E-state index contributed by atoms with van der Waals surface area (Å²) in [6, 6.07) is 0. The van der Waals surface area contributed by atoms with Gasteiger partial charge in [0, 0.05) is 6.61 Å². The summed E-state index contributed by atoms with van der Waals surface area (Å²) in [6.07, 6.45) is -0.0875. The summed E-state index contributed by atoms with van der Waals surface area (Å²) in [6.45, 7) is 2.60. The van der Waals surface area contributed by atoms with E-state index in [9.17, 15) is 5.11 Å². The van der Waals surface area contributed by atoms with E-state index in [0.29, 0.717) is 12.5 Å². The van der Waals surface area contributed by atoms with Crippen LogP contribution in [-0.2, 0) is 4.74 Å². The molecule has 10 heavy (non-hydrogen) atoms. The third kappa shape index (κ3) is 1.68. The van der Waals surface area contributed by atoms with E-state index in [1.54, 1.807) is 0 Å². The zero-order valence-corrected chi connectivity index (χ0v) is 6.16. The minimum atomic E-state index is -0.478. The van der Waals surface area contributed by atoms with Gasteiger partial charge in [-0.15, -0.1) is 0 Å². The topological polar surface area (TPSA) is 49.7 Å². The minimum Gasteiger partial charge on any atom is -0.394 e. The lowest BCUT2D eigenvalue weighted by Crippen LogP contribution is -2.39. The fourth-order valence-corrected chi connectivity index (χ4v) is 1.21. The van der Waals surface area contributed by atoms with E-state index in [2.05, 4.69) is 0 Å². The van der Waals surface area contributed by atoms with Crippen molar-refractivity contribution < 1.29 is 14.9 Å². The normalized spacial score (nSPS) is 41.7. The van der Waals surface area contributed by atoms with Crippen LogP contribution in [0.5, 0.6) is 0 Å². The molecule has 0 aromatic heterocycles. The van der Waals surface area contributed by atoms with E-state index in [1.165, 1.54) is 0 Å². The van der Waals surface area contributed by atoms with Crippen LogP contribution in [0.4, 0.5) is 0 Å². The van der Waals surface area contributed by atoms with Crippen molar-refractivity contribution in [2.24, 2.45) is 5.92 Å². The molecule has 60 valence electrons. The first-order valence-electron chi connectivity index (χ1n) is 3.64. The highest BCUT2D eigenvalue weighted by molar-refractivity contribution is 4.75. The molecule has 1 aliphatic heterocycles. The van der Waals surface area contributed by atoms with Crippen molar-refractivity contribution in [3.8, 4) is 0 Å². The second-order valence-corrected chi connectivity index (χ2v) is 2.96. The molecule has 1 aliphatic rings. The molecule has 3 heteroatoms. The monoisotopic (exact) mass is 146 g/mol. The Bertz CT molecular complexity index is 105. The first-order chi connectivity index (χ1) is 4.74. The summed E-state index contributed by atoms with van der Waals surface area (Å²) in [4.78, 5) is 0. The van der Waals surface area contributed by atoms with Gasteiger partial charge in [-0.1, -0.05) is 6.92 Å². The number of rotatable bonds is 1. The van der Waals surface area contributed by atoms with E-state index in [0.717, 1.165) is 6.42 Å². The van der Waals surface area contributed by atoms with E-state index >= 15 is 0 Å². The zero-order chi connectivity index (χ0) is 7.56. The smallest absolute Gasteiger partial charge is 0.106 e. The van der Waals surface area contributed by atoms with Crippen LogP contribution >= 0.6 is 0 Å². The Labute approximate surface area is 60.6 Å². The molecule has 0 spiro atoms. The average molecular weight is 146 g/mol. The number of aliphatic hydroxyl groups is 2. The molecular formula is C7H14O3. The second kappa shape index (κ2) is 3.32. The number of hydrogen-bond donors (Lipinski definition) is 2. The molecule has 3 nitrogen and oxygen atoms in total. The highest BCUT2D eigenvalue weighted by Crippen LogP contribution is 2.18. The highest BCUT2D eigenvalue weighted by atomic mass is 16.5. The molecule has 1 rings (SSSR count). The highest BCUT2D eigenvalue weighted by Gasteiger charge is 2.26. The Morgan fingerprint density at radius 3 is 2.80 bits per heavy atom. The van der Waals surface area contributed by atoms with Crippen LogP contribution in [-0.4, -0.2) is 35.6 Å². The fourth-order valence-electron chi connectivity index (χ4n) is 1.21. The predicted octanol–water partition coefficient (Wildman–Crippen LogP) is -0.235. The molecule has 1 fully saturated rings. The Balaban J connectivity index is 2.36. The van der Waals surface area contributed by atoms with Crippen molar-refractivity contribution >= 4 is 0 Å². The molecule has 1 heterocycles. The number of hydrogen-bond acceptors (Lipinski definition) is 3. The molecule has 0 saturated carbocycles. The summed E-state index contributed by atoms with van der Waals surface area (Å²) in [7, 11) is 0. The summed E-state index contributed by atoms with van der Waals surface area (Å²) in [5.41, 5.74) is 0. The predicted molar refractivity (Wildman–Crippen MR) is 36.6 cm³/mol. The minimum absolute atomic E-state index is 0.0755. The molecule has 0 aromatic carbocycles.